The van der Waals surface area contributed by atoms with E-state index in [4.69, 9.17) is 0 Å². The standard InChI is InChI=1S/C8H14.C4H10/c1-7(2)5-6-8(3)4;1-4(2)3/h5-6H,1-4H3;4H,1-3H3. The molecule has 0 aliphatic rings. The molecular formula is C12H24. The van der Waals surface area contributed by atoms with Crippen LogP contribution in [0.15, 0.2) is 23.3 Å². The summed E-state index contributed by atoms with van der Waals surface area (Å²) in [4.78, 5) is 0. The first-order valence-corrected chi connectivity index (χ1v) is 4.64. The van der Waals surface area contributed by atoms with Gasteiger partial charge >= 0.3 is 0 Å². The molecule has 12 heavy (non-hydrogen) atoms. The third-order valence-electron chi connectivity index (χ3n) is 0.750. The predicted molar refractivity (Wildman–Crippen MR) is 59.4 cm³/mol. The van der Waals surface area contributed by atoms with Crippen molar-refractivity contribution >= 4 is 0 Å². The fraction of sp³-hybridized carbons (Fsp3) is 0.667. The summed E-state index contributed by atoms with van der Waals surface area (Å²) < 4.78 is 0. The van der Waals surface area contributed by atoms with Gasteiger partial charge in [0.25, 0.3) is 0 Å². The van der Waals surface area contributed by atoms with Gasteiger partial charge in [0.15, 0.2) is 0 Å². The van der Waals surface area contributed by atoms with Gasteiger partial charge in [0.1, 0.15) is 0 Å². The maximum Gasteiger partial charge on any atom is -0.0439 e. The summed E-state index contributed by atoms with van der Waals surface area (Å²) >= 11 is 0. The monoisotopic (exact) mass is 168 g/mol. The lowest BCUT2D eigenvalue weighted by molar-refractivity contribution is 0.737. The largest absolute Gasteiger partial charge is 0.0764 e. The maximum absolute atomic E-state index is 2.17. The topological polar surface area (TPSA) is 0 Å². The highest BCUT2D eigenvalue weighted by Crippen LogP contribution is 1.93. The molecule has 0 rings (SSSR count). The molecule has 0 unspecified atom stereocenters. The lowest BCUT2D eigenvalue weighted by atomic mass is 10.2. The predicted octanol–water partition coefficient (Wildman–Crippen LogP) is 4.58. The molecule has 0 bridgehead atoms. The van der Waals surface area contributed by atoms with Gasteiger partial charge in [-0.05, 0) is 33.6 Å². The molecule has 0 aliphatic heterocycles. The van der Waals surface area contributed by atoms with Gasteiger partial charge in [0.2, 0.25) is 0 Å². The molecule has 0 aromatic carbocycles. The Balaban J connectivity index is 0. The molecule has 0 amide bonds. The third kappa shape index (κ3) is 34.0. The van der Waals surface area contributed by atoms with E-state index in [9.17, 15) is 0 Å². The highest BCUT2D eigenvalue weighted by molar-refractivity contribution is 5.12. The molecule has 0 radical (unpaired) electrons. The summed E-state index contributed by atoms with van der Waals surface area (Å²) in [6.07, 6.45) is 4.24. The summed E-state index contributed by atoms with van der Waals surface area (Å²) in [6.45, 7) is 14.9. The van der Waals surface area contributed by atoms with Crippen molar-refractivity contribution in [2.24, 2.45) is 5.92 Å². The van der Waals surface area contributed by atoms with Gasteiger partial charge in [-0.2, -0.15) is 0 Å². The van der Waals surface area contributed by atoms with Crippen LogP contribution in [0.25, 0.3) is 0 Å². The molecule has 0 aromatic heterocycles. The minimum absolute atomic E-state index is 0.833. The Morgan fingerprint density at radius 3 is 1.00 bits per heavy atom. The van der Waals surface area contributed by atoms with E-state index < -0.39 is 0 Å². The van der Waals surface area contributed by atoms with Crippen molar-refractivity contribution in [3.8, 4) is 0 Å². The normalized spacial score (nSPS) is 8.33. The van der Waals surface area contributed by atoms with E-state index in [1.807, 2.05) is 0 Å². The molecule has 0 nitrogen and oxygen atoms in total. The number of rotatable bonds is 1. The number of allylic oxidation sites excluding steroid dienone is 4. The van der Waals surface area contributed by atoms with Gasteiger partial charge in [0, 0.05) is 0 Å². The number of hydrogen-bond donors (Lipinski definition) is 0. The van der Waals surface area contributed by atoms with E-state index in [2.05, 4.69) is 60.6 Å². The molecule has 0 aromatic rings. The summed E-state index contributed by atoms with van der Waals surface area (Å²) in [5.74, 6) is 0.833. The highest BCUT2D eigenvalue weighted by atomic mass is 13.8. The van der Waals surface area contributed by atoms with Crippen molar-refractivity contribution in [1.29, 1.82) is 0 Å². The van der Waals surface area contributed by atoms with Crippen molar-refractivity contribution < 1.29 is 0 Å². The lowest BCUT2D eigenvalue weighted by Gasteiger charge is -1.84. The van der Waals surface area contributed by atoms with Crippen molar-refractivity contribution in [2.75, 3.05) is 0 Å². The Morgan fingerprint density at radius 2 is 0.917 bits per heavy atom. The van der Waals surface area contributed by atoms with Crippen LogP contribution in [-0.2, 0) is 0 Å². The Kier molecular flexibility index (Phi) is 10.0. The second kappa shape index (κ2) is 8.58. The summed E-state index contributed by atoms with van der Waals surface area (Å²) in [7, 11) is 0. The molecule has 0 atom stereocenters. The Bertz CT molecular complexity index is 121. The van der Waals surface area contributed by atoms with E-state index in [0.29, 0.717) is 0 Å². The maximum atomic E-state index is 2.17. The first-order chi connectivity index (χ1) is 5.36. The fourth-order valence-electron chi connectivity index (χ4n) is 0.333. The van der Waals surface area contributed by atoms with Crippen LogP contribution in [0.4, 0.5) is 0 Å². The molecule has 0 aliphatic carbocycles. The van der Waals surface area contributed by atoms with Gasteiger partial charge < -0.3 is 0 Å². The zero-order valence-electron chi connectivity index (χ0n) is 9.73. The van der Waals surface area contributed by atoms with Gasteiger partial charge in [-0.1, -0.05) is 44.1 Å². The average molecular weight is 168 g/mol. The fourth-order valence-corrected chi connectivity index (χ4v) is 0.333. The number of hydrogen-bond acceptors (Lipinski definition) is 0. The van der Waals surface area contributed by atoms with Crippen LogP contribution in [-0.4, -0.2) is 0 Å². The molecule has 72 valence electrons. The minimum Gasteiger partial charge on any atom is -0.0764 e. The second-order valence-electron chi connectivity index (χ2n) is 4.22. The molecule has 0 N–H and O–H groups in total. The lowest BCUT2D eigenvalue weighted by Crippen LogP contribution is -1.66. The van der Waals surface area contributed by atoms with Crippen molar-refractivity contribution in [3.05, 3.63) is 23.3 Å². The summed E-state index contributed by atoms with van der Waals surface area (Å²) in [5, 5.41) is 0. The van der Waals surface area contributed by atoms with Crippen LogP contribution in [0.1, 0.15) is 48.5 Å². The van der Waals surface area contributed by atoms with E-state index in [0.717, 1.165) is 5.92 Å². The van der Waals surface area contributed by atoms with Crippen molar-refractivity contribution in [1.82, 2.24) is 0 Å². The Hall–Kier alpha value is -0.520. The molecule has 0 fully saturated rings. The van der Waals surface area contributed by atoms with Crippen molar-refractivity contribution in [2.45, 2.75) is 48.5 Å². The van der Waals surface area contributed by atoms with E-state index in [1.165, 1.54) is 11.1 Å². The van der Waals surface area contributed by atoms with Crippen LogP contribution < -0.4 is 0 Å². The Labute approximate surface area is 78.4 Å². The zero-order valence-corrected chi connectivity index (χ0v) is 9.73. The molecule has 0 heteroatoms. The van der Waals surface area contributed by atoms with E-state index in [1.54, 1.807) is 0 Å². The van der Waals surface area contributed by atoms with Crippen LogP contribution in [0.5, 0.6) is 0 Å². The smallest absolute Gasteiger partial charge is 0.0439 e. The van der Waals surface area contributed by atoms with Crippen LogP contribution in [0.2, 0.25) is 0 Å². The molecule has 0 saturated heterocycles. The quantitative estimate of drug-likeness (QED) is 0.503. The SMILES string of the molecule is CC(C)=CC=C(C)C.CC(C)C. The van der Waals surface area contributed by atoms with Crippen LogP contribution in [0.3, 0.4) is 0 Å². The second-order valence-corrected chi connectivity index (χ2v) is 4.22. The van der Waals surface area contributed by atoms with Crippen LogP contribution >= 0.6 is 0 Å². The first kappa shape index (κ1) is 14.0. The highest BCUT2D eigenvalue weighted by Gasteiger charge is 1.72. The first-order valence-electron chi connectivity index (χ1n) is 4.64. The van der Waals surface area contributed by atoms with Gasteiger partial charge in [-0.15, -0.1) is 0 Å². The van der Waals surface area contributed by atoms with Crippen LogP contribution in [0, 0.1) is 5.92 Å². The molecule has 0 heterocycles. The van der Waals surface area contributed by atoms with Gasteiger partial charge in [-0.3, -0.25) is 0 Å². The van der Waals surface area contributed by atoms with E-state index in [-0.39, 0.29) is 0 Å². The summed E-state index contributed by atoms with van der Waals surface area (Å²) in [6, 6.07) is 0. The molecule has 0 saturated carbocycles. The third-order valence-corrected chi connectivity index (χ3v) is 0.750. The molecule has 0 spiro atoms. The Morgan fingerprint density at radius 1 is 0.750 bits per heavy atom. The van der Waals surface area contributed by atoms with Gasteiger partial charge in [-0.25, -0.2) is 0 Å². The van der Waals surface area contributed by atoms with Gasteiger partial charge in [0.05, 0.1) is 0 Å². The molecular weight excluding hydrogens is 144 g/mol. The average Bonchev–Trinajstić information content (AvgIpc) is 1.82. The minimum atomic E-state index is 0.833. The zero-order chi connectivity index (χ0) is 10.1. The van der Waals surface area contributed by atoms with E-state index >= 15 is 0 Å². The van der Waals surface area contributed by atoms with Crippen molar-refractivity contribution in [3.63, 3.8) is 0 Å². The summed E-state index contributed by atoms with van der Waals surface area (Å²) in [5.41, 5.74) is 2.71.